The Hall–Kier alpha value is -2.87. The average molecular weight is 367 g/mol. The summed E-state index contributed by atoms with van der Waals surface area (Å²) in [6, 6.07) is 3.97. The number of carbonyl (C=O) groups is 1. The fourth-order valence-corrected chi connectivity index (χ4v) is 3.91. The number of rotatable bonds is 4. The lowest BCUT2D eigenvalue weighted by Crippen LogP contribution is -2.51. The normalized spacial score (nSPS) is 24.4. The lowest BCUT2D eigenvalue weighted by Gasteiger charge is -2.39. The Labute approximate surface area is 157 Å². The summed E-state index contributed by atoms with van der Waals surface area (Å²) < 4.78 is 1.74. The van der Waals surface area contributed by atoms with E-state index in [4.69, 9.17) is 11.5 Å². The number of fused-ring (bicyclic) bond motifs is 1. The number of anilines is 1. The Bertz CT molecular complexity index is 1000. The van der Waals surface area contributed by atoms with Gasteiger partial charge in [0.1, 0.15) is 0 Å². The minimum atomic E-state index is -0.511. The molecule has 2 atom stereocenters. The topological polar surface area (TPSA) is 127 Å². The van der Waals surface area contributed by atoms with Crippen molar-refractivity contribution in [2.45, 2.75) is 45.2 Å². The Morgan fingerprint density at radius 2 is 2.19 bits per heavy atom. The molecule has 4 rings (SSSR count). The van der Waals surface area contributed by atoms with E-state index >= 15 is 0 Å². The summed E-state index contributed by atoms with van der Waals surface area (Å²) in [4.78, 5) is 12.1. The van der Waals surface area contributed by atoms with Gasteiger partial charge in [-0.05, 0) is 31.9 Å². The Balaban J connectivity index is 1.82. The summed E-state index contributed by atoms with van der Waals surface area (Å²) in [5, 5.41) is 14.9. The molecule has 0 radical (unpaired) electrons. The van der Waals surface area contributed by atoms with Gasteiger partial charge in [-0.2, -0.15) is 10.2 Å². The van der Waals surface area contributed by atoms with Crippen LogP contribution >= 0.6 is 0 Å². The van der Waals surface area contributed by atoms with Crippen molar-refractivity contribution in [1.82, 2.24) is 19.8 Å². The summed E-state index contributed by atoms with van der Waals surface area (Å²) in [5.74, 6) is -0.511. The molecule has 3 heterocycles. The van der Waals surface area contributed by atoms with Gasteiger partial charge in [-0.3, -0.25) is 9.89 Å². The highest BCUT2D eigenvalue weighted by atomic mass is 16.1. The summed E-state index contributed by atoms with van der Waals surface area (Å²) in [5.41, 5.74) is 15.4. The number of hydrogen-bond acceptors (Lipinski definition) is 5. The molecule has 0 spiro atoms. The maximum atomic E-state index is 12.1. The number of carbonyl (C=O) groups excluding carboxylic acids is 1. The van der Waals surface area contributed by atoms with Crippen molar-refractivity contribution < 1.29 is 4.79 Å². The summed E-state index contributed by atoms with van der Waals surface area (Å²) in [7, 11) is 0. The summed E-state index contributed by atoms with van der Waals surface area (Å²) in [6.45, 7) is 6.40. The molecule has 3 aromatic rings. The largest absolute Gasteiger partial charge is 0.379 e. The van der Waals surface area contributed by atoms with Crippen LogP contribution in [0.1, 0.15) is 44.0 Å². The molecule has 3 aromatic heterocycles. The predicted octanol–water partition coefficient (Wildman–Crippen LogP) is 2.14. The smallest absolute Gasteiger partial charge is 0.252 e. The van der Waals surface area contributed by atoms with Crippen LogP contribution < -0.4 is 16.8 Å². The van der Waals surface area contributed by atoms with Crippen LogP contribution in [0.3, 0.4) is 0 Å². The number of aromatic nitrogens is 4. The maximum absolute atomic E-state index is 12.1. The van der Waals surface area contributed by atoms with Crippen molar-refractivity contribution in [2.24, 2.45) is 16.9 Å². The van der Waals surface area contributed by atoms with Crippen molar-refractivity contribution in [3.05, 3.63) is 36.3 Å². The Morgan fingerprint density at radius 1 is 1.41 bits per heavy atom. The van der Waals surface area contributed by atoms with E-state index in [2.05, 4.69) is 41.4 Å². The van der Waals surface area contributed by atoms with E-state index in [0.29, 0.717) is 11.3 Å². The van der Waals surface area contributed by atoms with Gasteiger partial charge >= 0.3 is 0 Å². The molecule has 0 aliphatic heterocycles. The standard InChI is InChI=1S/C19H25N7O/c1-18(2)15(4-6-19(18,3)21)24-16-12(17(20)27)9-23-26-10-11(8-14(16)26)13-5-7-22-25-13/h5,7-10,15,24H,4,6,21H2,1-3H3,(H2,20,27)(H,22,25)/t15-,19+/m1/s1. The fourth-order valence-electron chi connectivity index (χ4n) is 3.91. The first-order valence-electron chi connectivity index (χ1n) is 9.07. The molecule has 1 saturated carbocycles. The van der Waals surface area contributed by atoms with E-state index in [1.165, 1.54) is 6.20 Å². The average Bonchev–Trinajstić information content (AvgIpc) is 3.29. The minimum Gasteiger partial charge on any atom is -0.379 e. The van der Waals surface area contributed by atoms with E-state index < -0.39 is 5.91 Å². The van der Waals surface area contributed by atoms with Gasteiger partial charge in [0.2, 0.25) is 0 Å². The monoisotopic (exact) mass is 367 g/mol. The molecule has 27 heavy (non-hydrogen) atoms. The molecule has 8 heteroatoms. The quantitative estimate of drug-likeness (QED) is 0.562. The van der Waals surface area contributed by atoms with Crippen molar-refractivity contribution in [1.29, 1.82) is 0 Å². The highest BCUT2D eigenvalue weighted by molar-refractivity contribution is 6.02. The van der Waals surface area contributed by atoms with Crippen LogP contribution in [0.15, 0.2) is 30.7 Å². The third-order valence-electron chi connectivity index (χ3n) is 6.33. The first kappa shape index (κ1) is 17.5. The van der Waals surface area contributed by atoms with Gasteiger partial charge in [0, 0.05) is 35.0 Å². The maximum Gasteiger partial charge on any atom is 0.252 e. The van der Waals surface area contributed by atoms with Gasteiger partial charge in [-0.25, -0.2) is 4.52 Å². The van der Waals surface area contributed by atoms with Crippen LogP contribution in [0.4, 0.5) is 5.69 Å². The number of H-pyrrole nitrogens is 1. The molecule has 0 saturated heterocycles. The second-order valence-corrected chi connectivity index (χ2v) is 8.20. The van der Waals surface area contributed by atoms with Gasteiger partial charge in [-0.1, -0.05) is 13.8 Å². The Morgan fingerprint density at radius 3 is 2.78 bits per heavy atom. The summed E-state index contributed by atoms with van der Waals surface area (Å²) in [6.07, 6.45) is 6.93. The van der Waals surface area contributed by atoms with Crippen molar-refractivity contribution >= 4 is 17.1 Å². The lowest BCUT2D eigenvalue weighted by atomic mass is 9.75. The van der Waals surface area contributed by atoms with E-state index in [1.807, 2.05) is 18.3 Å². The van der Waals surface area contributed by atoms with Crippen molar-refractivity contribution in [2.75, 3.05) is 5.32 Å². The lowest BCUT2D eigenvalue weighted by molar-refractivity contribution is 0.100. The van der Waals surface area contributed by atoms with Gasteiger partial charge in [0.15, 0.2) is 0 Å². The van der Waals surface area contributed by atoms with Crippen LogP contribution in [0, 0.1) is 5.41 Å². The number of hydrogen-bond donors (Lipinski definition) is 4. The first-order chi connectivity index (χ1) is 12.7. The molecular weight excluding hydrogens is 342 g/mol. The number of aromatic amines is 1. The number of nitrogens with two attached hydrogens (primary N) is 2. The number of amides is 1. The molecule has 0 aromatic carbocycles. The third-order valence-corrected chi connectivity index (χ3v) is 6.33. The minimum absolute atomic E-state index is 0.113. The molecule has 1 aliphatic carbocycles. The molecular formula is C19H25N7O. The fraction of sp³-hybridized carbons (Fsp3) is 0.421. The van der Waals surface area contributed by atoms with Crippen LogP contribution in [-0.2, 0) is 0 Å². The molecule has 8 nitrogen and oxygen atoms in total. The predicted molar refractivity (Wildman–Crippen MR) is 104 cm³/mol. The van der Waals surface area contributed by atoms with Gasteiger partial charge < -0.3 is 16.8 Å². The van der Waals surface area contributed by atoms with Crippen molar-refractivity contribution in [3.8, 4) is 11.3 Å². The third kappa shape index (κ3) is 2.68. The van der Waals surface area contributed by atoms with Crippen LogP contribution in [0.2, 0.25) is 0 Å². The molecule has 142 valence electrons. The molecule has 0 unspecified atom stereocenters. The molecule has 0 bridgehead atoms. The van der Waals surface area contributed by atoms with E-state index in [0.717, 1.165) is 29.6 Å². The van der Waals surface area contributed by atoms with Gasteiger partial charge in [-0.15, -0.1) is 0 Å². The van der Waals surface area contributed by atoms with E-state index in [9.17, 15) is 4.79 Å². The van der Waals surface area contributed by atoms with Crippen LogP contribution in [-0.4, -0.2) is 37.3 Å². The zero-order valence-electron chi connectivity index (χ0n) is 15.8. The molecule has 1 fully saturated rings. The number of nitrogens with one attached hydrogen (secondary N) is 2. The molecule has 1 aliphatic rings. The van der Waals surface area contributed by atoms with E-state index in [1.54, 1.807) is 10.7 Å². The second-order valence-electron chi connectivity index (χ2n) is 8.20. The van der Waals surface area contributed by atoms with E-state index in [-0.39, 0.29) is 17.0 Å². The molecule has 6 N–H and O–H groups in total. The number of primary amides is 1. The number of nitrogens with zero attached hydrogens (tertiary/aromatic N) is 3. The van der Waals surface area contributed by atoms with Crippen molar-refractivity contribution in [3.63, 3.8) is 0 Å². The highest BCUT2D eigenvalue weighted by Gasteiger charge is 2.49. The van der Waals surface area contributed by atoms with Gasteiger partial charge in [0.25, 0.3) is 5.91 Å². The highest BCUT2D eigenvalue weighted by Crippen LogP contribution is 2.46. The zero-order chi connectivity index (χ0) is 19.4. The molecule has 1 amide bonds. The summed E-state index contributed by atoms with van der Waals surface area (Å²) >= 11 is 0. The first-order valence-corrected chi connectivity index (χ1v) is 9.07. The van der Waals surface area contributed by atoms with Crippen LogP contribution in [0.5, 0.6) is 0 Å². The SMILES string of the molecule is CC1(C)[C@H](Nc2c(C(N)=O)cnn3cc(-c4ccn[nH]4)cc23)CC[C@]1(C)N. The Kier molecular flexibility index (Phi) is 3.78. The van der Waals surface area contributed by atoms with Crippen LogP contribution in [0.25, 0.3) is 16.8 Å². The zero-order valence-corrected chi connectivity index (χ0v) is 15.8. The van der Waals surface area contributed by atoms with Gasteiger partial charge in [0.05, 0.1) is 28.7 Å². The second kappa shape index (κ2) is 5.82.